The van der Waals surface area contributed by atoms with Crippen molar-refractivity contribution >= 4 is 21.9 Å². The number of aromatic hydroxyl groups is 1. The molecular weight excluding hydrogens is 278 g/mol. The average Bonchev–Trinajstić information content (AvgIpc) is 2.16. The summed E-state index contributed by atoms with van der Waals surface area (Å²) in [5.74, 6) is -0.744. The van der Waals surface area contributed by atoms with Gasteiger partial charge in [-0.3, -0.25) is 4.79 Å². The number of hydrogen-bond acceptors (Lipinski definition) is 4. The van der Waals surface area contributed by atoms with Gasteiger partial charge in [0, 0.05) is 10.5 Å². The quantitative estimate of drug-likeness (QED) is 0.784. The van der Waals surface area contributed by atoms with E-state index in [0.717, 1.165) is 0 Å². The molecule has 0 fully saturated rings. The molecule has 0 bridgehead atoms. The summed E-state index contributed by atoms with van der Waals surface area (Å²) in [6.07, 6.45) is -0.188. The molecule has 4 N–H and O–H groups in total. The third-order valence-corrected chi connectivity index (χ3v) is 2.78. The number of methoxy groups -OCH3 is 1. The van der Waals surface area contributed by atoms with Crippen LogP contribution in [0.3, 0.4) is 0 Å². The fraction of sp³-hybridized carbons (Fsp3) is 0.300. The average molecular weight is 290 g/mol. The van der Waals surface area contributed by atoms with E-state index in [2.05, 4.69) is 15.9 Å². The third-order valence-electron chi connectivity index (χ3n) is 2.09. The summed E-state index contributed by atoms with van der Waals surface area (Å²) in [7, 11) is 1.41. The molecule has 1 unspecified atom stereocenters. The Morgan fingerprint density at radius 3 is 2.75 bits per heavy atom. The molecular formula is C10H12BrNO4. The van der Waals surface area contributed by atoms with E-state index in [1.54, 1.807) is 0 Å². The molecule has 88 valence electrons. The minimum atomic E-state index is -0.980. The number of carboxylic acids is 1. The molecule has 1 aromatic carbocycles. The SMILES string of the molecule is COc1cc(C(N)CC(=O)O)c(Br)cc1O. The standard InChI is InChI=1S/C10H12BrNO4/c1-16-9-2-5(6(11)3-8(9)13)7(12)4-10(14)15/h2-3,7,13H,4,12H2,1H3,(H,14,15). The van der Waals surface area contributed by atoms with Crippen molar-refractivity contribution in [3.05, 3.63) is 22.2 Å². The van der Waals surface area contributed by atoms with Crippen LogP contribution in [0.1, 0.15) is 18.0 Å². The molecule has 1 rings (SSSR count). The molecule has 1 atom stereocenters. The predicted octanol–water partition coefficient (Wildman–Crippen LogP) is 1.64. The molecule has 0 aromatic heterocycles. The number of benzene rings is 1. The number of rotatable bonds is 4. The summed E-state index contributed by atoms with van der Waals surface area (Å²) in [5, 5.41) is 18.1. The number of hydrogen-bond donors (Lipinski definition) is 3. The van der Waals surface area contributed by atoms with Gasteiger partial charge >= 0.3 is 5.97 Å². The minimum Gasteiger partial charge on any atom is -0.504 e. The highest BCUT2D eigenvalue weighted by molar-refractivity contribution is 9.10. The topological polar surface area (TPSA) is 92.8 Å². The van der Waals surface area contributed by atoms with Gasteiger partial charge in [-0.2, -0.15) is 0 Å². The number of carboxylic acid groups (broad SMARTS) is 1. The van der Waals surface area contributed by atoms with Gasteiger partial charge in [0.05, 0.1) is 13.5 Å². The van der Waals surface area contributed by atoms with Crippen molar-refractivity contribution in [3.63, 3.8) is 0 Å². The first-order valence-electron chi connectivity index (χ1n) is 4.49. The Bertz CT molecular complexity index is 408. The number of nitrogens with two attached hydrogens (primary N) is 1. The summed E-state index contributed by atoms with van der Waals surface area (Å²) in [6, 6.07) is 2.30. The Labute approximate surface area is 101 Å². The van der Waals surface area contributed by atoms with Gasteiger partial charge in [0.2, 0.25) is 0 Å². The number of phenolic OH excluding ortho intramolecular Hbond substituents is 1. The maximum absolute atomic E-state index is 10.5. The first-order valence-corrected chi connectivity index (χ1v) is 5.28. The van der Waals surface area contributed by atoms with Crippen molar-refractivity contribution in [3.8, 4) is 11.5 Å². The molecule has 0 saturated heterocycles. The van der Waals surface area contributed by atoms with E-state index >= 15 is 0 Å². The van der Waals surface area contributed by atoms with Crippen molar-refractivity contribution in [2.75, 3.05) is 7.11 Å². The Balaban J connectivity index is 3.08. The van der Waals surface area contributed by atoms with Crippen LogP contribution < -0.4 is 10.5 Å². The van der Waals surface area contributed by atoms with E-state index in [9.17, 15) is 9.90 Å². The number of phenols is 1. The van der Waals surface area contributed by atoms with Crippen LogP contribution in [0.5, 0.6) is 11.5 Å². The van der Waals surface area contributed by atoms with Crippen molar-refractivity contribution in [1.82, 2.24) is 0 Å². The molecule has 0 aliphatic carbocycles. The van der Waals surface area contributed by atoms with E-state index in [4.69, 9.17) is 15.6 Å². The molecule has 6 heteroatoms. The smallest absolute Gasteiger partial charge is 0.305 e. The zero-order chi connectivity index (χ0) is 12.3. The van der Waals surface area contributed by atoms with Crippen molar-refractivity contribution in [1.29, 1.82) is 0 Å². The van der Waals surface area contributed by atoms with Gasteiger partial charge in [-0.15, -0.1) is 0 Å². The van der Waals surface area contributed by atoms with E-state index in [1.165, 1.54) is 19.2 Å². The highest BCUT2D eigenvalue weighted by Gasteiger charge is 2.16. The summed E-state index contributed by atoms with van der Waals surface area (Å²) < 4.78 is 5.48. The van der Waals surface area contributed by atoms with Crippen LogP contribution in [0.25, 0.3) is 0 Å². The molecule has 0 spiro atoms. The molecule has 0 heterocycles. The fourth-order valence-electron chi connectivity index (χ4n) is 1.30. The zero-order valence-corrected chi connectivity index (χ0v) is 10.2. The highest BCUT2D eigenvalue weighted by Crippen LogP contribution is 2.35. The lowest BCUT2D eigenvalue weighted by atomic mass is 10.0. The summed E-state index contributed by atoms with van der Waals surface area (Å²) in [5.41, 5.74) is 6.30. The van der Waals surface area contributed by atoms with Crippen molar-refractivity contribution in [2.45, 2.75) is 12.5 Å². The number of halogens is 1. The van der Waals surface area contributed by atoms with E-state index in [1.807, 2.05) is 0 Å². The fourth-order valence-corrected chi connectivity index (χ4v) is 1.93. The van der Waals surface area contributed by atoms with Crippen LogP contribution in [0.4, 0.5) is 0 Å². The van der Waals surface area contributed by atoms with Crippen LogP contribution in [0.15, 0.2) is 16.6 Å². The van der Waals surface area contributed by atoms with E-state index in [-0.39, 0.29) is 17.9 Å². The summed E-state index contributed by atoms with van der Waals surface area (Å²) in [6.45, 7) is 0. The largest absolute Gasteiger partial charge is 0.504 e. The maximum atomic E-state index is 10.5. The lowest BCUT2D eigenvalue weighted by molar-refractivity contribution is -0.137. The number of aliphatic carboxylic acids is 1. The van der Waals surface area contributed by atoms with Gasteiger partial charge in [-0.05, 0) is 17.7 Å². The summed E-state index contributed by atoms with van der Waals surface area (Å²) in [4.78, 5) is 10.5. The molecule has 0 amide bonds. The first-order chi connectivity index (χ1) is 7.45. The Morgan fingerprint density at radius 2 is 2.25 bits per heavy atom. The van der Waals surface area contributed by atoms with Crippen LogP contribution in [-0.2, 0) is 4.79 Å². The number of ether oxygens (including phenoxy) is 1. The van der Waals surface area contributed by atoms with Crippen molar-refractivity contribution < 1.29 is 19.7 Å². The van der Waals surface area contributed by atoms with Crippen LogP contribution in [0.2, 0.25) is 0 Å². The number of carbonyl (C=O) groups is 1. The molecule has 1 aromatic rings. The summed E-state index contributed by atoms with van der Waals surface area (Å²) >= 11 is 3.21. The zero-order valence-electron chi connectivity index (χ0n) is 8.61. The van der Waals surface area contributed by atoms with Gasteiger partial charge < -0.3 is 20.7 Å². The second-order valence-electron chi connectivity index (χ2n) is 3.25. The highest BCUT2D eigenvalue weighted by atomic mass is 79.9. The lowest BCUT2D eigenvalue weighted by Crippen LogP contribution is -2.15. The second kappa shape index (κ2) is 5.18. The van der Waals surface area contributed by atoms with Crippen LogP contribution in [0, 0.1) is 0 Å². The molecule has 0 radical (unpaired) electrons. The van der Waals surface area contributed by atoms with Crippen LogP contribution in [-0.4, -0.2) is 23.3 Å². The van der Waals surface area contributed by atoms with Gasteiger partial charge in [0.15, 0.2) is 11.5 Å². The van der Waals surface area contributed by atoms with E-state index < -0.39 is 12.0 Å². The van der Waals surface area contributed by atoms with E-state index in [0.29, 0.717) is 10.0 Å². The molecule has 0 aliphatic rings. The molecule has 0 saturated carbocycles. The van der Waals surface area contributed by atoms with Crippen molar-refractivity contribution in [2.24, 2.45) is 5.73 Å². The van der Waals surface area contributed by atoms with Gasteiger partial charge in [0.25, 0.3) is 0 Å². The normalized spacial score (nSPS) is 12.2. The molecule has 5 nitrogen and oxygen atoms in total. The minimum absolute atomic E-state index is 0.0272. The Kier molecular flexibility index (Phi) is 4.14. The second-order valence-corrected chi connectivity index (χ2v) is 4.10. The Morgan fingerprint density at radius 1 is 1.62 bits per heavy atom. The third kappa shape index (κ3) is 2.86. The Hall–Kier alpha value is -1.27. The first kappa shape index (κ1) is 12.8. The van der Waals surface area contributed by atoms with Gasteiger partial charge in [-0.1, -0.05) is 15.9 Å². The molecule has 0 aliphatic heterocycles. The van der Waals surface area contributed by atoms with Gasteiger partial charge in [0.1, 0.15) is 0 Å². The monoisotopic (exact) mass is 289 g/mol. The van der Waals surface area contributed by atoms with Crippen LogP contribution >= 0.6 is 15.9 Å². The molecule has 16 heavy (non-hydrogen) atoms. The maximum Gasteiger partial charge on any atom is 0.305 e. The van der Waals surface area contributed by atoms with Gasteiger partial charge in [-0.25, -0.2) is 0 Å². The lowest BCUT2D eigenvalue weighted by Gasteiger charge is -2.14. The predicted molar refractivity (Wildman–Crippen MR) is 61.5 cm³/mol.